The van der Waals surface area contributed by atoms with Crippen molar-refractivity contribution in [1.29, 1.82) is 0 Å². The fraction of sp³-hybridized carbons (Fsp3) is 0.318. The summed E-state index contributed by atoms with van der Waals surface area (Å²) in [5, 5.41) is 8.05. The Bertz CT molecular complexity index is 806. The summed E-state index contributed by atoms with van der Waals surface area (Å²) in [5.74, 6) is 2.58. The largest absolute Gasteiger partial charge is 0.310 e. The highest BCUT2D eigenvalue weighted by Gasteiger charge is 2.13. The van der Waals surface area contributed by atoms with Gasteiger partial charge < -0.3 is 5.32 Å². The molecule has 4 heteroatoms. The minimum absolute atomic E-state index is 0.667. The Labute approximate surface area is 159 Å². The topological polar surface area (TPSA) is 29.9 Å². The van der Waals surface area contributed by atoms with Crippen LogP contribution in [0.1, 0.15) is 24.0 Å². The van der Waals surface area contributed by atoms with Crippen LogP contribution in [0.3, 0.4) is 0 Å². The van der Waals surface area contributed by atoms with Crippen LogP contribution >= 0.6 is 11.8 Å². The molecule has 134 valence electrons. The van der Waals surface area contributed by atoms with Crippen molar-refractivity contribution in [2.45, 2.75) is 32.0 Å². The van der Waals surface area contributed by atoms with Crippen molar-refractivity contribution >= 4 is 11.8 Å². The van der Waals surface area contributed by atoms with Crippen LogP contribution in [0.2, 0.25) is 0 Å². The molecule has 0 aliphatic carbocycles. The third-order valence-electron chi connectivity index (χ3n) is 4.99. The maximum absolute atomic E-state index is 4.28. The molecular formula is C22H25N3S. The van der Waals surface area contributed by atoms with E-state index in [9.17, 15) is 0 Å². The van der Waals surface area contributed by atoms with Crippen molar-refractivity contribution in [2.24, 2.45) is 0 Å². The first-order valence-corrected chi connectivity index (χ1v) is 10.5. The van der Waals surface area contributed by atoms with Gasteiger partial charge in [0.25, 0.3) is 0 Å². The summed E-state index contributed by atoms with van der Waals surface area (Å²) < 4.78 is 1.95. The van der Waals surface area contributed by atoms with E-state index in [1.807, 2.05) is 23.1 Å². The molecule has 1 fully saturated rings. The third-order valence-corrected chi connectivity index (χ3v) is 6.04. The number of nitrogens with one attached hydrogen (secondary N) is 1. The van der Waals surface area contributed by atoms with Crippen molar-refractivity contribution in [3.63, 3.8) is 0 Å². The summed E-state index contributed by atoms with van der Waals surface area (Å²) in [6, 6.07) is 20.3. The molecule has 3 aromatic rings. The second-order valence-corrected chi connectivity index (χ2v) is 8.05. The van der Waals surface area contributed by atoms with Gasteiger partial charge in [0.15, 0.2) is 0 Å². The van der Waals surface area contributed by atoms with Crippen molar-refractivity contribution in [3.8, 4) is 11.1 Å². The molecule has 2 heterocycles. The Kier molecular flexibility index (Phi) is 5.72. The van der Waals surface area contributed by atoms with Crippen LogP contribution in [-0.2, 0) is 13.1 Å². The van der Waals surface area contributed by atoms with Crippen molar-refractivity contribution in [2.75, 3.05) is 11.5 Å². The molecule has 0 bridgehead atoms. The zero-order valence-corrected chi connectivity index (χ0v) is 15.8. The van der Waals surface area contributed by atoms with Gasteiger partial charge in [-0.05, 0) is 52.7 Å². The highest BCUT2D eigenvalue weighted by molar-refractivity contribution is 7.99. The number of benzene rings is 2. The van der Waals surface area contributed by atoms with Crippen LogP contribution in [0, 0.1) is 0 Å². The van der Waals surface area contributed by atoms with E-state index in [1.165, 1.54) is 46.6 Å². The first kappa shape index (κ1) is 17.4. The number of aromatic nitrogens is 2. The Balaban J connectivity index is 1.46. The fourth-order valence-electron chi connectivity index (χ4n) is 3.48. The number of hydrogen-bond acceptors (Lipinski definition) is 3. The Morgan fingerprint density at radius 1 is 1.00 bits per heavy atom. The smallest absolute Gasteiger partial charge is 0.0659 e. The van der Waals surface area contributed by atoms with Crippen LogP contribution in [0.5, 0.6) is 0 Å². The predicted octanol–water partition coefficient (Wildman–Crippen LogP) is 4.58. The van der Waals surface area contributed by atoms with Crippen LogP contribution in [-0.4, -0.2) is 27.3 Å². The van der Waals surface area contributed by atoms with Crippen molar-refractivity contribution in [1.82, 2.24) is 15.1 Å². The normalized spacial score (nSPS) is 15.2. The van der Waals surface area contributed by atoms with Gasteiger partial charge >= 0.3 is 0 Å². The van der Waals surface area contributed by atoms with Gasteiger partial charge in [-0.3, -0.25) is 4.68 Å². The molecule has 4 rings (SSSR count). The molecule has 1 aliphatic rings. The van der Waals surface area contributed by atoms with Gasteiger partial charge in [0.1, 0.15) is 0 Å². The van der Waals surface area contributed by atoms with Crippen LogP contribution in [0.4, 0.5) is 0 Å². The van der Waals surface area contributed by atoms with E-state index >= 15 is 0 Å². The molecule has 0 radical (unpaired) electrons. The lowest BCUT2D eigenvalue weighted by molar-refractivity contribution is 0.482. The quantitative estimate of drug-likeness (QED) is 0.695. The highest BCUT2D eigenvalue weighted by atomic mass is 32.2. The first-order chi connectivity index (χ1) is 12.9. The van der Waals surface area contributed by atoms with Crippen molar-refractivity contribution in [3.05, 3.63) is 78.1 Å². The van der Waals surface area contributed by atoms with E-state index < -0.39 is 0 Å². The summed E-state index contributed by atoms with van der Waals surface area (Å²) in [7, 11) is 0. The molecule has 0 atom stereocenters. The number of nitrogens with zero attached hydrogens (tertiary/aromatic N) is 2. The predicted molar refractivity (Wildman–Crippen MR) is 110 cm³/mol. The van der Waals surface area contributed by atoms with Crippen molar-refractivity contribution < 1.29 is 0 Å². The number of hydrogen-bond donors (Lipinski definition) is 1. The third kappa shape index (κ3) is 4.37. The Morgan fingerprint density at radius 3 is 2.58 bits per heavy atom. The lowest BCUT2D eigenvalue weighted by Crippen LogP contribution is -2.32. The molecule has 1 aliphatic heterocycles. The van der Waals surface area contributed by atoms with Crippen LogP contribution in [0.25, 0.3) is 11.1 Å². The van der Waals surface area contributed by atoms with E-state index in [0.29, 0.717) is 6.04 Å². The zero-order valence-electron chi connectivity index (χ0n) is 15.0. The molecule has 0 saturated carbocycles. The summed E-state index contributed by atoms with van der Waals surface area (Å²) in [6.45, 7) is 1.76. The van der Waals surface area contributed by atoms with Crippen LogP contribution in [0.15, 0.2) is 67.0 Å². The average molecular weight is 364 g/mol. The molecular weight excluding hydrogens is 338 g/mol. The molecule has 1 aromatic heterocycles. The van der Waals surface area contributed by atoms with Gasteiger partial charge in [0.2, 0.25) is 0 Å². The monoisotopic (exact) mass is 363 g/mol. The van der Waals surface area contributed by atoms with E-state index in [1.54, 1.807) is 0 Å². The van der Waals surface area contributed by atoms with Gasteiger partial charge in [-0.25, -0.2) is 0 Å². The molecule has 2 aromatic carbocycles. The van der Waals surface area contributed by atoms with Gasteiger partial charge in [-0.15, -0.1) is 0 Å². The van der Waals surface area contributed by atoms with Gasteiger partial charge in [0.05, 0.1) is 6.54 Å². The Hall–Kier alpha value is -2.04. The molecule has 0 unspecified atom stereocenters. The molecule has 0 spiro atoms. The average Bonchev–Trinajstić information content (AvgIpc) is 3.21. The summed E-state index contributed by atoms with van der Waals surface area (Å²) in [4.78, 5) is 0. The molecule has 3 nitrogen and oxygen atoms in total. The molecule has 26 heavy (non-hydrogen) atoms. The standard InChI is InChI=1S/C22H25N3S/c1-2-5-22(20(4-1)16-23-21-10-14-26-15-11-21)19-8-6-18(7-9-19)17-25-13-3-12-24-25/h1-9,12-13,21,23H,10-11,14-17H2. The number of thioether (sulfide) groups is 1. The van der Waals surface area contributed by atoms with E-state index in [0.717, 1.165) is 13.1 Å². The second-order valence-electron chi connectivity index (χ2n) is 6.83. The summed E-state index contributed by atoms with van der Waals surface area (Å²) in [6.07, 6.45) is 6.39. The lowest BCUT2D eigenvalue weighted by Gasteiger charge is -2.23. The minimum atomic E-state index is 0.667. The fourth-order valence-corrected chi connectivity index (χ4v) is 4.59. The van der Waals surface area contributed by atoms with Gasteiger partial charge in [-0.2, -0.15) is 16.9 Å². The molecule has 0 amide bonds. The highest BCUT2D eigenvalue weighted by Crippen LogP contribution is 2.25. The SMILES string of the molecule is c1ccc(-c2ccc(Cn3cccn3)cc2)c(CNC2CCSCC2)c1. The molecule has 1 N–H and O–H groups in total. The first-order valence-electron chi connectivity index (χ1n) is 9.34. The summed E-state index contributed by atoms with van der Waals surface area (Å²) >= 11 is 2.08. The van der Waals surface area contributed by atoms with Crippen LogP contribution < -0.4 is 5.32 Å². The van der Waals surface area contributed by atoms with Gasteiger partial charge in [-0.1, -0.05) is 48.5 Å². The van der Waals surface area contributed by atoms with E-state index in [4.69, 9.17) is 0 Å². The maximum Gasteiger partial charge on any atom is 0.0659 e. The lowest BCUT2D eigenvalue weighted by atomic mass is 9.98. The summed E-state index contributed by atoms with van der Waals surface area (Å²) in [5.41, 5.74) is 5.26. The maximum atomic E-state index is 4.28. The Morgan fingerprint density at radius 2 is 1.81 bits per heavy atom. The van der Waals surface area contributed by atoms with Gasteiger partial charge in [0, 0.05) is 25.0 Å². The minimum Gasteiger partial charge on any atom is -0.310 e. The molecule has 1 saturated heterocycles. The second kappa shape index (κ2) is 8.56. The van der Waals surface area contributed by atoms with E-state index in [-0.39, 0.29) is 0 Å². The van der Waals surface area contributed by atoms with E-state index in [2.05, 4.69) is 70.7 Å². The zero-order chi connectivity index (χ0) is 17.6. The number of rotatable bonds is 6.